The number of amides is 1. The molecule has 1 aliphatic heterocycles. The number of carbonyl (C=O) groups is 3. The van der Waals surface area contributed by atoms with E-state index in [0.29, 0.717) is 12.4 Å². The second-order valence-electron chi connectivity index (χ2n) is 6.23. The summed E-state index contributed by atoms with van der Waals surface area (Å²) in [6.07, 6.45) is -0.0983. The van der Waals surface area contributed by atoms with E-state index in [-0.39, 0.29) is 18.4 Å². The zero-order valence-corrected chi connectivity index (χ0v) is 15.2. The Labute approximate surface area is 162 Å². The number of aryl methyl sites for hydroxylation is 2. The van der Waals surface area contributed by atoms with Gasteiger partial charge in [0.05, 0.1) is 5.92 Å². The molecular formula is C16H18F3N5O5. The average molecular weight is 417 g/mol. The first-order valence-electron chi connectivity index (χ1n) is 8.34. The molecule has 3 N–H and O–H groups in total. The van der Waals surface area contributed by atoms with Crippen LogP contribution in [0.25, 0.3) is 0 Å². The molecular weight excluding hydrogens is 399 g/mol. The van der Waals surface area contributed by atoms with Crippen molar-refractivity contribution in [3.05, 3.63) is 30.0 Å². The predicted molar refractivity (Wildman–Crippen MR) is 91.0 cm³/mol. The molecule has 0 bridgehead atoms. The van der Waals surface area contributed by atoms with Crippen molar-refractivity contribution in [1.29, 1.82) is 0 Å². The smallest absolute Gasteiger partial charge is 0.480 e. The number of hydrogen-bond acceptors (Lipinski definition) is 5. The molecule has 3 rings (SSSR count). The maximum Gasteiger partial charge on any atom is 0.490 e. The number of halogens is 3. The van der Waals surface area contributed by atoms with E-state index < -0.39 is 18.1 Å². The van der Waals surface area contributed by atoms with Gasteiger partial charge in [-0.15, -0.1) is 0 Å². The van der Waals surface area contributed by atoms with Gasteiger partial charge in [-0.2, -0.15) is 18.3 Å². The Morgan fingerprint density at radius 2 is 1.97 bits per heavy atom. The van der Waals surface area contributed by atoms with Crippen molar-refractivity contribution in [1.82, 2.24) is 19.3 Å². The molecule has 2 aromatic rings. The Morgan fingerprint density at radius 3 is 2.55 bits per heavy atom. The fraction of sp³-hybridized carbons (Fsp3) is 0.438. The molecule has 1 aliphatic rings. The molecule has 0 spiro atoms. The summed E-state index contributed by atoms with van der Waals surface area (Å²) in [6, 6.07) is 1.59. The number of carboxylic acids is 2. The third-order valence-electron chi connectivity index (χ3n) is 4.09. The van der Waals surface area contributed by atoms with Gasteiger partial charge in [0.2, 0.25) is 5.91 Å². The quantitative estimate of drug-likeness (QED) is 0.681. The van der Waals surface area contributed by atoms with Crippen molar-refractivity contribution >= 4 is 23.7 Å². The maximum absolute atomic E-state index is 12.3. The molecule has 0 fully saturated rings. The van der Waals surface area contributed by atoms with Gasteiger partial charge in [-0.3, -0.25) is 14.3 Å². The second kappa shape index (κ2) is 8.75. The molecule has 158 valence electrons. The lowest BCUT2D eigenvalue weighted by atomic mass is 9.97. The van der Waals surface area contributed by atoms with Crippen LogP contribution in [0.2, 0.25) is 0 Å². The van der Waals surface area contributed by atoms with Crippen molar-refractivity contribution in [3.63, 3.8) is 0 Å². The van der Waals surface area contributed by atoms with E-state index >= 15 is 0 Å². The van der Waals surface area contributed by atoms with Crippen molar-refractivity contribution in [2.75, 3.05) is 5.32 Å². The summed E-state index contributed by atoms with van der Waals surface area (Å²) in [5.74, 6) is -2.68. The zero-order chi connectivity index (χ0) is 21.8. The average Bonchev–Trinajstić information content (AvgIpc) is 3.20. The molecule has 0 saturated heterocycles. The van der Waals surface area contributed by atoms with Gasteiger partial charge in [-0.25, -0.2) is 9.78 Å². The van der Waals surface area contributed by atoms with Gasteiger partial charge in [0, 0.05) is 30.7 Å². The van der Waals surface area contributed by atoms with Gasteiger partial charge in [-0.05, 0) is 19.8 Å². The number of nitrogens with one attached hydrogen (secondary N) is 1. The number of nitrogens with zero attached hydrogens (tertiary/aromatic N) is 4. The van der Waals surface area contributed by atoms with Crippen molar-refractivity contribution in [3.8, 4) is 0 Å². The molecule has 1 unspecified atom stereocenters. The number of alkyl halides is 3. The van der Waals surface area contributed by atoms with Crippen LogP contribution >= 0.6 is 0 Å². The molecule has 0 aliphatic carbocycles. The molecule has 0 saturated carbocycles. The van der Waals surface area contributed by atoms with Gasteiger partial charge in [-0.1, -0.05) is 0 Å². The van der Waals surface area contributed by atoms with Crippen LogP contribution in [0.15, 0.2) is 18.5 Å². The largest absolute Gasteiger partial charge is 0.490 e. The monoisotopic (exact) mass is 417 g/mol. The molecule has 2 aromatic heterocycles. The summed E-state index contributed by atoms with van der Waals surface area (Å²) in [5.41, 5.74) is 1.16. The third kappa shape index (κ3) is 6.05. The molecule has 0 radical (unpaired) electrons. The fourth-order valence-electron chi connectivity index (χ4n) is 2.70. The van der Waals surface area contributed by atoms with Crippen molar-refractivity contribution < 1.29 is 37.8 Å². The number of rotatable bonds is 4. The molecule has 0 aromatic carbocycles. The standard InChI is InChI=1S/C14H17N5O3.C2HF3O2/c1-9-15-6-11-3-2-10(7-19(9)11)14(22)16-12-4-5-18(17-12)8-13(20)21;3-2(4,5)1(6)7/h4-6,10H,2-3,7-8H2,1H3,(H,20,21)(H,16,17,22);(H,6,7). The van der Waals surface area contributed by atoms with E-state index in [9.17, 15) is 22.8 Å². The lowest BCUT2D eigenvalue weighted by Gasteiger charge is -2.23. The Hall–Kier alpha value is -3.38. The maximum atomic E-state index is 12.3. The number of aliphatic carboxylic acids is 2. The van der Waals surface area contributed by atoms with Crippen LogP contribution in [0.1, 0.15) is 17.9 Å². The first-order valence-corrected chi connectivity index (χ1v) is 8.34. The SMILES string of the molecule is Cc1ncc2n1CC(C(=O)Nc1ccn(CC(=O)O)n1)CC2.O=C(O)C(F)(F)F. The summed E-state index contributed by atoms with van der Waals surface area (Å²) in [4.78, 5) is 36.1. The highest BCUT2D eigenvalue weighted by molar-refractivity contribution is 5.91. The number of anilines is 1. The topological polar surface area (TPSA) is 139 Å². The normalized spacial score (nSPS) is 15.7. The van der Waals surface area contributed by atoms with Crippen LogP contribution in [-0.2, 0) is 33.9 Å². The van der Waals surface area contributed by atoms with Crippen LogP contribution in [0.3, 0.4) is 0 Å². The number of aromatic nitrogens is 4. The highest BCUT2D eigenvalue weighted by Gasteiger charge is 2.38. The van der Waals surface area contributed by atoms with E-state index in [4.69, 9.17) is 15.0 Å². The van der Waals surface area contributed by atoms with Gasteiger partial charge >= 0.3 is 18.1 Å². The van der Waals surface area contributed by atoms with E-state index in [1.165, 1.54) is 10.9 Å². The predicted octanol–water partition coefficient (Wildman–Crippen LogP) is 1.31. The lowest BCUT2D eigenvalue weighted by molar-refractivity contribution is -0.192. The van der Waals surface area contributed by atoms with Gasteiger partial charge in [0.15, 0.2) is 5.82 Å². The van der Waals surface area contributed by atoms with E-state index in [1.807, 2.05) is 13.1 Å². The Balaban J connectivity index is 0.000000370. The van der Waals surface area contributed by atoms with Crippen molar-refractivity contribution in [2.24, 2.45) is 5.92 Å². The van der Waals surface area contributed by atoms with Crippen LogP contribution < -0.4 is 5.32 Å². The van der Waals surface area contributed by atoms with Crippen molar-refractivity contribution in [2.45, 2.75) is 39.0 Å². The minimum absolute atomic E-state index is 0.0978. The number of hydrogen-bond donors (Lipinski definition) is 3. The molecule has 13 heteroatoms. The zero-order valence-electron chi connectivity index (χ0n) is 15.2. The van der Waals surface area contributed by atoms with Gasteiger partial charge in [0.25, 0.3) is 0 Å². The Bertz CT molecular complexity index is 905. The summed E-state index contributed by atoms with van der Waals surface area (Å²) >= 11 is 0. The number of carboxylic acid groups (broad SMARTS) is 2. The van der Waals surface area contributed by atoms with Crippen LogP contribution in [-0.4, -0.2) is 53.6 Å². The summed E-state index contributed by atoms with van der Waals surface area (Å²) < 4.78 is 35.1. The highest BCUT2D eigenvalue weighted by atomic mass is 19.4. The minimum atomic E-state index is -5.08. The number of fused-ring (bicyclic) bond motifs is 1. The number of carbonyl (C=O) groups excluding carboxylic acids is 1. The number of imidazole rings is 1. The molecule has 1 amide bonds. The first-order chi connectivity index (χ1) is 13.5. The summed E-state index contributed by atoms with van der Waals surface area (Å²) in [7, 11) is 0. The van der Waals surface area contributed by atoms with Gasteiger partial charge < -0.3 is 20.1 Å². The first kappa shape index (κ1) is 21.9. The third-order valence-corrected chi connectivity index (χ3v) is 4.09. The van der Waals surface area contributed by atoms with E-state index in [0.717, 1.165) is 24.4 Å². The van der Waals surface area contributed by atoms with E-state index in [2.05, 4.69) is 20.0 Å². The van der Waals surface area contributed by atoms with Crippen LogP contribution in [0, 0.1) is 12.8 Å². The molecule has 29 heavy (non-hydrogen) atoms. The second-order valence-corrected chi connectivity index (χ2v) is 6.23. The van der Waals surface area contributed by atoms with Gasteiger partial charge in [0.1, 0.15) is 12.4 Å². The van der Waals surface area contributed by atoms with E-state index in [1.54, 1.807) is 6.07 Å². The Kier molecular flexibility index (Phi) is 6.61. The molecule has 10 nitrogen and oxygen atoms in total. The summed E-state index contributed by atoms with van der Waals surface area (Å²) in [6.45, 7) is 2.32. The summed E-state index contributed by atoms with van der Waals surface area (Å²) in [5, 5.41) is 22.6. The lowest BCUT2D eigenvalue weighted by Crippen LogP contribution is -2.31. The molecule has 1 atom stereocenters. The fourth-order valence-corrected chi connectivity index (χ4v) is 2.70. The Morgan fingerprint density at radius 1 is 1.31 bits per heavy atom. The van der Waals surface area contributed by atoms with Crippen LogP contribution in [0.4, 0.5) is 19.0 Å². The minimum Gasteiger partial charge on any atom is -0.480 e. The molecule has 3 heterocycles. The van der Waals surface area contributed by atoms with Crippen LogP contribution in [0.5, 0.6) is 0 Å². The highest BCUT2D eigenvalue weighted by Crippen LogP contribution is 2.22.